The Bertz CT molecular complexity index is 250. The van der Waals surface area contributed by atoms with E-state index >= 15 is 0 Å². The lowest BCUT2D eigenvalue weighted by molar-refractivity contribution is 0.674. The first-order valence-corrected chi connectivity index (χ1v) is 4.09. The first-order chi connectivity index (χ1) is 5.65. The van der Waals surface area contributed by atoms with Crippen molar-refractivity contribution in [2.75, 3.05) is 6.54 Å². The van der Waals surface area contributed by atoms with E-state index in [1.165, 1.54) is 5.57 Å². The molecule has 1 aliphatic rings. The Morgan fingerprint density at radius 3 is 2.75 bits per heavy atom. The van der Waals surface area contributed by atoms with Crippen LogP contribution in [0.25, 0.3) is 0 Å². The largest absolute Gasteiger partial charge is 0.384 e. The average Bonchev–Trinajstić information content (AvgIpc) is 2.03. The summed E-state index contributed by atoms with van der Waals surface area (Å²) in [6, 6.07) is 0. The fourth-order valence-corrected chi connectivity index (χ4v) is 1.45. The first-order valence-electron chi connectivity index (χ1n) is 4.09. The van der Waals surface area contributed by atoms with Crippen LogP contribution in [0.4, 0.5) is 0 Å². The van der Waals surface area contributed by atoms with E-state index in [2.05, 4.69) is 6.92 Å². The lowest BCUT2D eigenvalue weighted by Gasteiger charge is -2.19. The van der Waals surface area contributed by atoms with Gasteiger partial charge in [0.2, 0.25) is 0 Å². The highest BCUT2D eigenvalue weighted by molar-refractivity contribution is 5.95. The van der Waals surface area contributed by atoms with Crippen molar-refractivity contribution in [3.05, 3.63) is 23.3 Å². The van der Waals surface area contributed by atoms with Gasteiger partial charge in [-0.15, -0.1) is 0 Å². The van der Waals surface area contributed by atoms with Gasteiger partial charge in [-0.3, -0.25) is 5.41 Å². The summed E-state index contributed by atoms with van der Waals surface area (Å²) in [6.07, 6.45) is 4.80. The standard InChI is InChI=1S/C9H15N3/c1-6-4-7(5-10)2-3-8(6)9(11)12/h2-3,6H,4-5,10H2,1H3,(H3,11,12). The van der Waals surface area contributed by atoms with Crippen LogP contribution in [0.1, 0.15) is 13.3 Å². The summed E-state index contributed by atoms with van der Waals surface area (Å²) in [5.74, 6) is 0.515. The van der Waals surface area contributed by atoms with Gasteiger partial charge in [-0.1, -0.05) is 24.6 Å². The normalized spacial score (nSPS) is 23.0. The Morgan fingerprint density at radius 2 is 2.33 bits per heavy atom. The van der Waals surface area contributed by atoms with Gasteiger partial charge in [0.25, 0.3) is 0 Å². The van der Waals surface area contributed by atoms with Gasteiger partial charge < -0.3 is 11.5 Å². The van der Waals surface area contributed by atoms with Gasteiger partial charge >= 0.3 is 0 Å². The monoisotopic (exact) mass is 165 g/mol. The molecule has 1 unspecified atom stereocenters. The van der Waals surface area contributed by atoms with Crippen molar-refractivity contribution >= 4 is 5.84 Å². The molecule has 1 rings (SSSR count). The predicted octanol–water partition coefficient (Wildman–Crippen LogP) is 0.774. The number of hydrogen-bond donors (Lipinski definition) is 3. The van der Waals surface area contributed by atoms with Gasteiger partial charge in [0.05, 0.1) is 0 Å². The molecule has 0 heterocycles. The second kappa shape index (κ2) is 3.54. The molecule has 0 aromatic rings. The molecule has 12 heavy (non-hydrogen) atoms. The molecule has 0 bridgehead atoms. The SMILES string of the molecule is CC1CC(CN)=CC=C1C(=N)N. The maximum absolute atomic E-state index is 7.29. The van der Waals surface area contributed by atoms with Crippen LogP contribution in [0.2, 0.25) is 0 Å². The third-order valence-electron chi connectivity index (χ3n) is 2.17. The van der Waals surface area contributed by atoms with E-state index < -0.39 is 0 Å². The van der Waals surface area contributed by atoms with Crippen LogP contribution in [0.5, 0.6) is 0 Å². The zero-order valence-corrected chi connectivity index (χ0v) is 7.30. The van der Waals surface area contributed by atoms with E-state index in [0.29, 0.717) is 12.5 Å². The Kier molecular flexibility index (Phi) is 2.65. The van der Waals surface area contributed by atoms with E-state index in [9.17, 15) is 0 Å². The molecule has 0 fully saturated rings. The molecule has 0 spiro atoms. The van der Waals surface area contributed by atoms with Crippen molar-refractivity contribution < 1.29 is 0 Å². The van der Waals surface area contributed by atoms with Crippen molar-refractivity contribution in [1.29, 1.82) is 5.41 Å². The van der Waals surface area contributed by atoms with E-state index in [1.54, 1.807) is 0 Å². The van der Waals surface area contributed by atoms with Crippen LogP contribution in [0.15, 0.2) is 23.3 Å². The van der Waals surface area contributed by atoms with Gasteiger partial charge in [-0.25, -0.2) is 0 Å². The molecule has 0 radical (unpaired) electrons. The third kappa shape index (κ3) is 1.74. The highest BCUT2D eigenvalue weighted by Gasteiger charge is 2.15. The van der Waals surface area contributed by atoms with Gasteiger partial charge in [-0.2, -0.15) is 0 Å². The van der Waals surface area contributed by atoms with E-state index in [-0.39, 0.29) is 5.84 Å². The fraction of sp³-hybridized carbons (Fsp3) is 0.444. The number of allylic oxidation sites excluding steroid dienone is 2. The Balaban J connectivity index is 2.83. The molecule has 5 N–H and O–H groups in total. The molecule has 0 aromatic carbocycles. The van der Waals surface area contributed by atoms with Crippen LogP contribution < -0.4 is 11.5 Å². The number of hydrogen-bond acceptors (Lipinski definition) is 2. The number of rotatable bonds is 2. The molecule has 0 amide bonds. The molecule has 0 aromatic heterocycles. The summed E-state index contributed by atoms with van der Waals surface area (Å²) >= 11 is 0. The molecule has 1 atom stereocenters. The van der Waals surface area contributed by atoms with Crippen molar-refractivity contribution in [1.82, 2.24) is 0 Å². The summed E-state index contributed by atoms with van der Waals surface area (Å²) in [5, 5.41) is 7.29. The zero-order chi connectivity index (χ0) is 9.14. The van der Waals surface area contributed by atoms with Crippen LogP contribution >= 0.6 is 0 Å². The van der Waals surface area contributed by atoms with Crippen LogP contribution in [-0.2, 0) is 0 Å². The van der Waals surface area contributed by atoms with Crippen molar-refractivity contribution in [3.8, 4) is 0 Å². The summed E-state index contributed by atoms with van der Waals surface area (Å²) in [7, 11) is 0. The summed E-state index contributed by atoms with van der Waals surface area (Å²) < 4.78 is 0. The lowest BCUT2D eigenvalue weighted by atomic mass is 9.88. The lowest BCUT2D eigenvalue weighted by Crippen LogP contribution is -2.21. The quantitative estimate of drug-likeness (QED) is 0.417. The zero-order valence-electron chi connectivity index (χ0n) is 7.30. The van der Waals surface area contributed by atoms with E-state index in [1.807, 2.05) is 12.2 Å². The summed E-state index contributed by atoms with van der Waals surface area (Å²) in [4.78, 5) is 0. The second-order valence-corrected chi connectivity index (χ2v) is 3.17. The first kappa shape index (κ1) is 9.00. The molecule has 1 aliphatic carbocycles. The molecule has 3 nitrogen and oxygen atoms in total. The van der Waals surface area contributed by atoms with Crippen molar-refractivity contribution in [2.45, 2.75) is 13.3 Å². The van der Waals surface area contributed by atoms with Gasteiger partial charge in [0.15, 0.2) is 0 Å². The molecule has 0 aliphatic heterocycles. The van der Waals surface area contributed by atoms with Gasteiger partial charge in [-0.05, 0) is 17.9 Å². The van der Waals surface area contributed by atoms with Gasteiger partial charge in [0.1, 0.15) is 5.84 Å². The number of amidine groups is 1. The molecule has 66 valence electrons. The van der Waals surface area contributed by atoms with Crippen LogP contribution in [-0.4, -0.2) is 12.4 Å². The van der Waals surface area contributed by atoms with Crippen LogP contribution in [0, 0.1) is 11.3 Å². The van der Waals surface area contributed by atoms with Crippen molar-refractivity contribution in [3.63, 3.8) is 0 Å². The third-order valence-corrected chi connectivity index (χ3v) is 2.17. The number of nitrogens with one attached hydrogen (secondary N) is 1. The highest BCUT2D eigenvalue weighted by atomic mass is 14.7. The van der Waals surface area contributed by atoms with Crippen LogP contribution in [0.3, 0.4) is 0 Å². The fourth-order valence-electron chi connectivity index (χ4n) is 1.45. The van der Waals surface area contributed by atoms with E-state index in [4.69, 9.17) is 16.9 Å². The molecule has 3 heteroatoms. The predicted molar refractivity (Wildman–Crippen MR) is 50.9 cm³/mol. The summed E-state index contributed by atoms with van der Waals surface area (Å²) in [5.41, 5.74) is 13.1. The van der Waals surface area contributed by atoms with Gasteiger partial charge in [0, 0.05) is 6.54 Å². The smallest absolute Gasteiger partial charge is 0.118 e. The average molecular weight is 165 g/mol. The Hall–Kier alpha value is -1.09. The summed E-state index contributed by atoms with van der Waals surface area (Å²) in [6.45, 7) is 2.67. The second-order valence-electron chi connectivity index (χ2n) is 3.17. The highest BCUT2D eigenvalue weighted by Crippen LogP contribution is 2.23. The minimum atomic E-state index is 0.176. The Labute approximate surface area is 72.6 Å². The van der Waals surface area contributed by atoms with E-state index in [0.717, 1.165) is 12.0 Å². The maximum atomic E-state index is 7.29. The molecular formula is C9H15N3. The van der Waals surface area contributed by atoms with Crippen molar-refractivity contribution in [2.24, 2.45) is 17.4 Å². The molecule has 0 saturated heterocycles. The minimum absolute atomic E-state index is 0.176. The molecule has 0 saturated carbocycles. The Morgan fingerprint density at radius 1 is 1.67 bits per heavy atom. The topological polar surface area (TPSA) is 75.9 Å². The number of nitrogens with two attached hydrogens (primary N) is 2. The maximum Gasteiger partial charge on any atom is 0.118 e. The minimum Gasteiger partial charge on any atom is -0.384 e. The molecular weight excluding hydrogens is 150 g/mol.